The van der Waals surface area contributed by atoms with Gasteiger partial charge in [-0.05, 0) is 43.7 Å². The highest BCUT2D eigenvalue weighted by atomic mass is 16.5. The maximum absolute atomic E-state index is 12.3. The molecular formula is C21H32N2O3. The molecule has 1 aliphatic heterocycles. The molecule has 1 aliphatic rings. The van der Waals surface area contributed by atoms with Crippen molar-refractivity contribution in [3.8, 4) is 5.75 Å². The minimum atomic E-state index is -0.107. The maximum Gasteiger partial charge on any atom is 0.258 e. The predicted octanol–water partition coefficient (Wildman–Crippen LogP) is 3.23. The normalized spacial score (nSPS) is 15.7. The summed E-state index contributed by atoms with van der Waals surface area (Å²) in [7, 11) is 0. The highest BCUT2D eigenvalue weighted by Crippen LogP contribution is 2.22. The van der Waals surface area contributed by atoms with Gasteiger partial charge in [-0.3, -0.25) is 9.59 Å². The Balaban J connectivity index is 1.73. The summed E-state index contributed by atoms with van der Waals surface area (Å²) in [5.41, 5.74) is 2.21. The minimum absolute atomic E-state index is 0.00754. The van der Waals surface area contributed by atoms with Gasteiger partial charge in [0.25, 0.3) is 5.91 Å². The van der Waals surface area contributed by atoms with Crippen LogP contribution in [0.2, 0.25) is 0 Å². The molecule has 0 aliphatic carbocycles. The topological polar surface area (TPSA) is 58.6 Å². The van der Waals surface area contributed by atoms with Gasteiger partial charge in [0.15, 0.2) is 6.61 Å². The van der Waals surface area contributed by atoms with Crippen molar-refractivity contribution in [2.75, 3.05) is 19.7 Å². The third-order valence-corrected chi connectivity index (χ3v) is 4.58. The number of nitrogens with zero attached hydrogens (tertiary/aromatic N) is 1. The standard InChI is InChI=1S/C21H32N2O3/c1-15-6-7-18(16(2)12-15)26-14-19(24)22-17-8-10-23(11-9-17)20(25)13-21(3,4)5/h6-7,12,17H,8-11,13-14H2,1-5H3,(H,22,24). The average Bonchev–Trinajstić information content (AvgIpc) is 2.53. The monoisotopic (exact) mass is 360 g/mol. The van der Waals surface area contributed by atoms with Crippen LogP contribution in [-0.2, 0) is 9.59 Å². The van der Waals surface area contributed by atoms with Crippen LogP contribution in [0.3, 0.4) is 0 Å². The fraction of sp³-hybridized carbons (Fsp3) is 0.619. The summed E-state index contributed by atoms with van der Waals surface area (Å²) in [6.45, 7) is 11.7. The molecule has 144 valence electrons. The summed E-state index contributed by atoms with van der Waals surface area (Å²) < 4.78 is 5.63. The van der Waals surface area contributed by atoms with E-state index in [0.717, 1.165) is 24.2 Å². The van der Waals surface area contributed by atoms with Gasteiger partial charge >= 0.3 is 0 Å². The number of amides is 2. The van der Waals surface area contributed by atoms with Crippen LogP contribution in [0.1, 0.15) is 51.2 Å². The number of hydrogen-bond donors (Lipinski definition) is 1. The van der Waals surface area contributed by atoms with Gasteiger partial charge in [0.05, 0.1) is 0 Å². The average molecular weight is 360 g/mol. The predicted molar refractivity (Wildman–Crippen MR) is 103 cm³/mol. The van der Waals surface area contributed by atoms with Crippen LogP contribution in [0, 0.1) is 19.3 Å². The van der Waals surface area contributed by atoms with E-state index in [9.17, 15) is 9.59 Å². The highest BCUT2D eigenvalue weighted by Gasteiger charge is 2.26. The molecule has 5 heteroatoms. The van der Waals surface area contributed by atoms with Crippen LogP contribution in [0.25, 0.3) is 0 Å². The lowest BCUT2D eigenvalue weighted by atomic mass is 9.91. The molecule has 1 aromatic carbocycles. The van der Waals surface area contributed by atoms with Crippen LogP contribution in [-0.4, -0.2) is 42.5 Å². The first-order valence-corrected chi connectivity index (χ1v) is 9.41. The molecule has 2 rings (SSSR count). The summed E-state index contributed by atoms with van der Waals surface area (Å²) >= 11 is 0. The summed E-state index contributed by atoms with van der Waals surface area (Å²) in [5, 5.41) is 3.03. The summed E-state index contributed by atoms with van der Waals surface area (Å²) in [5.74, 6) is 0.846. The number of piperidine rings is 1. The van der Waals surface area contributed by atoms with Crippen molar-refractivity contribution in [2.24, 2.45) is 5.41 Å². The van der Waals surface area contributed by atoms with E-state index in [4.69, 9.17) is 4.74 Å². The summed E-state index contributed by atoms with van der Waals surface area (Å²) in [4.78, 5) is 26.3. The Morgan fingerprint density at radius 1 is 1.19 bits per heavy atom. The zero-order valence-electron chi connectivity index (χ0n) is 16.7. The maximum atomic E-state index is 12.3. The fourth-order valence-corrected chi connectivity index (χ4v) is 3.21. The lowest BCUT2D eigenvalue weighted by Crippen LogP contribution is -2.48. The first kappa shape index (κ1) is 20.3. The van der Waals surface area contributed by atoms with E-state index in [1.165, 1.54) is 5.56 Å². The zero-order valence-corrected chi connectivity index (χ0v) is 16.7. The SMILES string of the molecule is Cc1ccc(OCC(=O)NC2CCN(C(=O)CC(C)(C)C)CC2)c(C)c1. The molecule has 1 heterocycles. The second-order valence-corrected chi connectivity index (χ2v) is 8.52. The van der Waals surface area contributed by atoms with Crippen LogP contribution in [0.15, 0.2) is 18.2 Å². The van der Waals surface area contributed by atoms with Crippen LogP contribution in [0.5, 0.6) is 5.75 Å². The van der Waals surface area contributed by atoms with Gasteiger partial charge in [0, 0.05) is 25.6 Å². The molecule has 5 nitrogen and oxygen atoms in total. The molecular weight excluding hydrogens is 328 g/mol. The number of nitrogens with one attached hydrogen (secondary N) is 1. The fourth-order valence-electron chi connectivity index (χ4n) is 3.21. The number of hydrogen-bond acceptors (Lipinski definition) is 3. The molecule has 0 aromatic heterocycles. The van der Waals surface area contributed by atoms with Crippen LogP contribution < -0.4 is 10.1 Å². The number of carbonyl (C=O) groups excluding carboxylic acids is 2. The van der Waals surface area contributed by atoms with Crippen molar-refractivity contribution < 1.29 is 14.3 Å². The van der Waals surface area contributed by atoms with Gasteiger partial charge in [-0.15, -0.1) is 0 Å². The Morgan fingerprint density at radius 3 is 2.42 bits per heavy atom. The Bertz CT molecular complexity index is 641. The van der Waals surface area contributed by atoms with E-state index in [0.29, 0.717) is 19.5 Å². The number of rotatable bonds is 5. The quantitative estimate of drug-likeness (QED) is 0.877. The van der Waals surface area contributed by atoms with E-state index >= 15 is 0 Å². The third kappa shape index (κ3) is 6.36. The van der Waals surface area contributed by atoms with E-state index in [2.05, 4.69) is 26.1 Å². The second-order valence-electron chi connectivity index (χ2n) is 8.52. The highest BCUT2D eigenvalue weighted by molar-refractivity contribution is 5.78. The molecule has 0 saturated carbocycles. The van der Waals surface area contributed by atoms with Crippen molar-refractivity contribution in [2.45, 2.75) is 59.9 Å². The Hall–Kier alpha value is -2.04. The molecule has 0 bridgehead atoms. The lowest BCUT2D eigenvalue weighted by Gasteiger charge is -2.34. The number of likely N-dealkylation sites (tertiary alicyclic amines) is 1. The van der Waals surface area contributed by atoms with E-state index in [-0.39, 0.29) is 29.9 Å². The van der Waals surface area contributed by atoms with Crippen molar-refractivity contribution in [3.05, 3.63) is 29.3 Å². The van der Waals surface area contributed by atoms with Gasteiger partial charge in [-0.1, -0.05) is 38.5 Å². The molecule has 1 saturated heterocycles. The number of aryl methyl sites for hydroxylation is 2. The molecule has 0 spiro atoms. The number of carbonyl (C=O) groups is 2. The van der Waals surface area contributed by atoms with Crippen molar-refractivity contribution in [3.63, 3.8) is 0 Å². The Kier molecular flexibility index (Phi) is 6.68. The van der Waals surface area contributed by atoms with Gasteiger partial charge in [-0.25, -0.2) is 0 Å². The largest absolute Gasteiger partial charge is 0.484 e. The second kappa shape index (κ2) is 8.56. The molecule has 1 aromatic rings. The number of ether oxygens (including phenoxy) is 1. The van der Waals surface area contributed by atoms with Gasteiger partial charge < -0.3 is 15.0 Å². The number of benzene rings is 1. The van der Waals surface area contributed by atoms with Crippen molar-refractivity contribution >= 4 is 11.8 Å². The minimum Gasteiger partial charge on any atom is -0.484 e. The van der Waals surface area contributed by atoms with Crippen molar-refractivity contribution in [1.29, 1.82) is 0 Å². The summed E-state index contributed by atoms with van der Waals surface area (Å²) in [6.07, 6.45) is 2.16. The summed E-state index contributed by atoms with van der Waals surface area (Å²) in [6, 6.07) is 6.03. The first-order chi connectivity index (χ1) is 12.1. The molecule has 1 fully saturated rings. The molecule has 0 unspecified atom stereocenters. The van der Waals surface area contributed by atoms with Gasteiger partial charge in [0.2, 0.25) is 5.91 Å². The molecule has 0 atom stereocenters. The first-order valence-electron chi connectivity index (χ1n) is 9.41. The van der Waals surface area contributed by atoms with Crippen molar-refractivity contribution in [1.82, 2.24) is 10.2 Å². The molecule has 1 N–H and O–H groups in total. The Morgan fingerprint density at radius 2 is 1.85 bits per heavy atom. The smallest absolute Gasteiger partial charge is 0.258 e. The van der Waals surface area contributed by atoms with E-state index in [1.807, 2.05) is 36.9 Å². The molecule has 0 radical (unpaired) electrons. The third-order valence-electron chi connectivity index (χ3n) is 4.58. The van der Waals surface area contributed by atoms with E-state index in [1.54, 1.807) is 0 Å². The van der Waals surface area contributed by atoms with E-state index < -0.39 is 0 Å². The molecule has 2 amide bonds. The van der Waals surface area contributed by atoms with Crippen LogP contribution >= 0.6 is 0 Å². The zero-order chi connectivity index (χ0) is 19.3. The van der Waals surface area contributed by atoms with Gasteiger partial charge in [0.1, 0.15) is 5.75 Å². The Labute approximate surface area is 157 Å². The van der Waals surface area contributed by atoms with Gasteiger partial charge in [-0.2, -0.15) is 0 Å². The lowest BCUT2D eigenvalue weighted by molar-refractivity contribution is -0.134. The molecule has 26 heavy (non-hydrogen) atoms. The van der Waals surface area contributed by atoms with Crippen LogP contribution in [0.4, 0.5) is 0 Å².